The minimum Gasteiger partial charge on any atom is -0.382 e. The van der Waals surface area contributed by atoms with Gasteiger partial charge in [-0.3, -0.25) is 19.7 Å². The molecule has 7 nitrogen and oxygen atoms in total. The van der Waals surface area contributed by atoms with Crippen LogP contribution >= 0.6 is 10.9 Å². The van der Waals surface area contributed by atoms with Crippen molar-refractivity contribution in [2.24, 2.45) is 0 Å². The molecule has 3 aromatic rings. The maximum Gasteiger partial charge on any atom is 0.255 e. The summed E-state index contributed by atoms with van der Waals surface area (Å²) in [6, 6.07) is 6.11. The van der Waals surface area contributed by atoms with Gasteiger partial charge in [-0.25, -0.2) is 10.9 Å². The number of fused-ring (bicyclic) bond motifs is 1. The largest absolute Gasteiger partial charge is 0.382 e. The zero-order valence-electron chi connectivity index (χ0n) is 16.3. The molecule has 1 atom stereocenters. The van der Waals surface area contributed by atoms with Gasteiger partial charge in [0.2, 0.25) is 0 Å². The Balaban J connectivity index is 1.69. The molecule has 3 N–H and O–H groups in total. The van der Waals surface area contributed by atoms with E-state index in [1.165, 1.54) is 0 Å². The second-order valence-corrected chi connectivity index (χ2v) is 9.37. The van der Waals surface area contributed by atoms with Crippen LogP contribution in [0.2, 0.25) is 0 Å². The SMILES string of the molecule is CC(C)Nc1c(C(=O)NC[SH]2C=CC(=O)C2)cnc2ccc(-c3cn[nH]c3)cc12. The Morgan fingerprint density at radius 2 is 2.14 bits per heavy atom. The first kappa shape index (κ1) is 19.2. The summed E-state index contributed by atoms with van der Waals surface area (Å²) in [6.07, 6.45) is 6.82. The van der Waals surface area contributed by atoms with Crippen molar-refractivity contribution in [1.82, 2.24) is 20.5 Å². The lowest BCUT2D eigenvalue weighted by Gasteiger charge is -2.18. The van der Waals surface area contributed by atoms with Gasteiger partial charge in [0.05, 0.1) is 28.8 Å². The van der Waals surface area contributed by atoms with Gasteiger partial charge < -0.3 is 10.6 Å². The van der Waals surface area contributed by atoms with Crippen LogP contribution in [0, 0.1) is 0 Å². The molecule has 2 aromatic heterocycles. The number of hydrogen-bond donors (Lipinski definition) is 4. The van der Waals surface area contributed by atoms with Crippen molar-refractivity contribution >= 4 is 39.2 Å². The summed E-state index contributed by atoms with van der Waals surface area (Å²) in [4.78, 5) is 28.8. The monoisotopic (exact) mass is 409 g/mol. The highest BCUT2D eigenvalue weighted by Gasteiger charge is 2.19. The molecular weight excluding hydrogens is 386 g/mol. The van der Waals surface area contributed by atoms with Crippen molar-refractivity contribution in [3.63, 3.8) is 0 Å². The number of carbonyl (C=O) groups excluding carboxylic acids is 2. The van der Waals surface area contributed by atoms with Gasteiger partial charge >= 0.3 is 0 Å². The van der Waals surface area contributed by atoms with Crippen LogP contribution in [0.1, 0.15) is 24.2 Å². The zero-order valence-corrected chi connectivity index (χ0v) is 17.2. The molecule has 1 aliphatic heterocycles. The molecule has 8 heteroatoms. The van der Waals surface area contributed by atoms with Crippen LogP contribution in [0.25, 0.3) is 22.0 Å². The number of allylic oxidation sites excluding steroid dienone is 1. The van der Waals surface area contributed by atoms with E-state index < -0.39 is 10.9 Å². The van der Waals surface area contributed by atoms with Crippen LogP contribution in [0.15, 0.2) is 48.3 Å². The van der Waals surface area contributed by atoms with Gasteiger partial charge in [-0.2, -0.15) is 5.10 Å². The minimum atomic E-state index is -0.612. The highest BCUT2D eigenvalue weighted by Crippen LogP contribution is 2.32. The van der Waals surface area contributed by atoms with Crippen LogP contribution in [0.3, 0.4) is 0 Å². The molecule has 0 bridgehead atoms. The molecule has 0 saturated heterocycles. The van der Waals surface area contributed by atoms with E-state index in [1.807, 2.05) is 43.7 Å². The van der Waals surface area contributed by atoms with E-state index in [0.29, 0.717) is 17.2 Å². The molecule has 150 valence electrons. The van der Waals surface area contributed by atoms with Gasteiger partial charge in [0.1, 0.15) is 0 Å². The lowest BCUT2D eigenvalue weighted by Crippen LogP contribution is -2.26. The van der Waals surface area contributed by atoms with E-state index in [1.54, 1.807) is 18.5 Å². The molecule has 29 heavy (non-hydrogen) atoms. The van der Waals surface area contributed by atoms with Crippen LogP contribution in [0.4, 0.5) is 5.69 Å². The number of thiol groups is 1. The third-order valence-corrected chi connectivity index (χ3v) is 6.50. The number of nitrogens with zero attached hydrogens (tertiary/aromatic N) is 2. The predicted molar refractivity (Wildman–Crippen MR) is 118 cm³/mol. The third kappa shape index (κ3) is 4.17. The van der Waals surface area contributed by atoms with Crippen molar-refractivity contribution in [2.75, 3.05) is 16.9 Å². The Hall–Kier alpha value is -3.13. The molecule has 1 aliphatic rings. The van der Waals surface area contributed by atoms with E-state index in [2.05, 4.69) is 25.8 Å². The summed E-state index contributed by atoms with van der Waals surface area (Å²) in [6.45, 7) is 4.07. The standard InChI is InChI=1S/C21H23N5O2S/c1-13(2)26-20-17-7-14(15-8-24-25-9-15)3-4-19(17)22-10-18(20)21(28)23-12-29-6-5-16(27)11-29/h3-10,13,29H,11-12H2,1-2H3,(H,22,26)(H,23,28)(H,24,25). The number of aromatic amines is 1. The van der Waals surface area contributed by atoms with Crippen molar-refractivity contribution in [1.29, 1.82) is 0 Å². The van der Waals surface area contributed by atoms with Crippen molar-refractivity contribution in [3.8, 4) is 11.1 Å². The number of hydrogen-bond acceptors (Lipinski definition) is 5. The van der Waals surface area contributed by atoms with Crippen LogP contribution in [-0.4, -0.2) is 44.5 Å². The van der Waals surface area contributed by atoms with Crippen LogP contribution < -0.4 is 10.6 Å². The summed E-state index contributed by atoms with van der Waals surface area (Å²) < 4.78 is 0. The fourth-order valence-corrected chi connectivity index (χ4v) is 4.82. The molecule has 0 radical (unpaired) electrons. The van der Waals surface area contributed by atoms with E-state index >= 15 is 0 Å². The maximum atomic E-state index is 12.9. The van der Waals surface area contributed by atoms with Crippen LogP contribution in [0.5, 0.6) is 0 Å². The van der Waals surface area contributed by atoms with E-state index in [4.69, 9.17) is 0 Å². The minimum absolute atomic E-state index is 0.131. The summed E-state index contributed by atoms with van der Waals surface area (Å²) in [5.41, 5.74) is 4.04. The molecular formula is C21H23N5O2S. The molecule has 0 saturated carbocycles. The third-order valence-electron chi connectivity index (χ3n) is 4.65. The summed E-state index contributed by atoms with van der Waals surface area (Å²) in [5, 5.41) is 16.0. The van der Waals surface area contributed by atoms with Crippen molar-refractivity contribution in [3.05, 3.63) is 53.8 Å². The normalized spacial score (nSPS) is 17.2. The van der Waals surface area contributed by atoms with Gasteiger partial charge in [-0.15, -0.1) is 0 Å². The van der Waals surface area contributed by atoms with Gasteiger partial charge in [0.15, 0.2) is 5.78 Å². The molecule has 3 heterocycles. The number of aromatic nitrogens is 3. The molecule has 4 rings (SSSR count). The van der Waals surface area contributed by atoms with Gasteiger partial charge in [0.25, 0.3) is 5.91 Å². The number of benzene rings is 1. The van der Waals surface area contributed by atoms with Crippen molar-refractivity contribution in [2.45, 2.75) is 19.9 Å². The first-order chi connectivity index (χ1) is 14.0. The Bertz CT molecular complexity index is 1090. The van der Waals surface area contributed by atoms with Gasteiger partial charge in [-0.1, -0.05) is 6.07 Å². The number of rotatable bonds is 6. The Morgan fingerprint density at radius 3 is 2.83 bits per heavy atom. The number of H-pyrrole nitrogens is 1. The number of carbonyl (C=O) groups is 2. The topological polar surface area (TPSA) is 99.8 Å². The number of ketones is 1. The Labute approximate surface area is 171 Å². The zero-order chi connectivity index (χ0) is 20.4. The smallest absolute Gasteiger partial charge is 0.255 e. The lowest BCUT2D eigenvalue weighted by atomic mass is 10.0. The van der Waals surface area contributed by atoms with Crippen LogP contribution in [-0.2, 0) is 4.79 Å². The van der Waals surface area contributed by atoms with Gasteiger partial charge in [-0.05, 0) is 43.0 Å². The summed E-state index contributed by atoms with van der Waals surface area (Å²) in [7, 11) is -0.612. The molecule has 1 aromatic carbocycles. The molecule has 0 fully saturated rings. The first-order valence-corrected chi connectivity index (χ1v) is 11.2. The average molecular weight is 410 g/mol. The highest BCUT2D eigenvalue weighted by atomic mass is 32.2. The second-order valence-electron chi connectivity index (χ2n) is 7.26. The Morgan fingerprint density at radius 1 is 1.28 bits per heavy atom. The quantitative estimate of drug-likeness (QED) is 0.469. The molecule has 1 unspecified atom stereocenters. The predicted octanol–water partition coefficient (Wildman–Crippen LogP) is 3.23. The summed E-state index contributed by atoms with van der Waals surface area (Å²) in [5.74, 6) is 0.944. The molecule has 0 spiro atoms. The lowest BCUT2D eigenvalue weighted by molar-refractivity contribution is -0.112. The second kappa shape index (κ2) is 8.08. The molecule has 0 aliphatic carbocycles. The number of anilines is 1. The van der Waals surface area contributed by atoms with E-state index in [-0.39, 0.29) is 17.7 Å². The number of pyridine rings is 1. The highest BCUT2D eigenvalue weighted by molar-refractivity contribution is 8.20. The first-order valence-electron chi connectivity index (χ1n) is 9.43. The fourth-order valence-electron chi connectivity index (χ4n) is 3.27. The Kier molecular flexibility index (Phi) is 5.35. The average Bonchev–Trinajstić information content (AvgIpc) is 3.37. The van der Waals surface area contributed by atoms with E-state index in [9.17, 15) is 9.59 Å². The maximum absolute atomic E-state index is 12.9. The molecule has 1 amide bonds. The fraction of sp³-hybridized carbons (Fsp3) is 0.238. The van der Waals surface area contributed by atoms with E-state index in [0.717, 1.165) is 27.7 Å². The van der Waals surface area contributed by atoms with Crippen molar-refractivity contribution < 1.29 is 9.59 Å². The summed E-state index contributed by atoms with van der Waals surface area (Å²) >= 11 is 0. The number of amides is 1. The van der Waals surface area contributed by atoms with Gasteiger partial charge in [0, 0.05) is 35.1 Å². The number of nitrogens with one attached hydrogen (secondary N) is 3.